The van der Waals surface area contributed by atoms with Gasteiger partial charge < -0.3 is 14.8 Å². The van der Waals surface area contributed by atoms with Crippen molar-refractivity contribution in [3.05, 3.63) is 77.6 Å². The first-order valence-corrected chi connectivity index (χ1v) is 9.39. The lowest BCUT2D eigenvalue weighted by Crippen LogP contribution is -2.34. The number of anilines is 1. The number of carbonyl (C=O) groups excluding carboxylic acids is 1. The van der Waals surface area contributed by atoms with Crippen molar-refractivity contribution >= 4 is 40.0 Å². The van der Waals surface area contributed by atoms with Crippen molar-refractivity contribution in [1.82, 2.24) is 10.3 Å². The molecule has 0 radical (unpaired) electrons. The van der Waals surface area contributed by atoms with Crippen molar-refractivity contribution in [2.24, 2.45) is 0 Å². The van der Waals surface area contributed by atoms with Crippen LogP contribution in [0.1, 0.15) is 15.9 Å². The number of aromatic nitrogens is 1. The van der Waals surface area contributed by atoms with E-state index in [2.05, 4.69) is 15.6 Å². The Balaban J connectivity index is 1.56. The summed E-state index contributed by atoms with van der Waals surface area (Å²) in [7, 11) is 0. The second-order valence-corrected chi connectivity index (χ2v) is 7.00. The lowest BCUT2D eigenvalue weighted by Gasteiger charge is -2.12. The number of hydrogen-bond donors (Lipinski definition) is 3. The number of fused-ring (bicyclic) bond motifs is 1. The highest BCUT2D eigenvalue weighted by Gasteiger charge is 2.16. The second kappa shape index (κ2) is 7.92. The van der Waals surface area contributed by atoms with E-state index >= 15 is 0 Å². The summed E-state index contributed by atoms with van der Waals surface area (Å²) < 4.78 is 18.8. The maximum atomic E-state index is 13.0. The minimum absolute atomic E-state index is 0.0355. The third kappa shape index (κ3) is 3.99. The van der Waals surface area contributed by atoms with Gasteiger partial charge in [-0.05, 0) is 73.2 Å². The van der Waals surface area contributed by atoms with Crippen LogP contribution in [0.4, 0.5) is 10.1 Å². The zero-order valence-corrected chi connectivity index (χ0v) is 16.6. The van der Waals surface area contributed by atoms with Crippen molar-refractivity contribution in [3.63, 3.8) is 0 Å². The first kappa shape index (κ1) is 19.5. The Bertz CT molecular complexity index is 1240. The van der Waals surface area contributed by atoms with Gasteiger partial charge in [-0.15, -0.1) is 0 Å². The van der Waals surface area contributed by atoms with Crippen molar-refractivity contribution in [3.8, 4) is 17.2 Å². The predicted molar refractivity (Wildman–Crippen MR) is 116 cm³/mol. The van der Waals surface area contributed by atoms with Gasteiger partial charge in [0.15, 0.2) is 10.7 Å². The molecule has 0 unspecified atom stereocenters. The number of phenolic OH excluding ortho intramolecular Hbond substituents is 1. The van der Waals surface area contributed by atoms with Crippen LogP contribution in [-0.4, -0.2) is 21.1 Å². The molecule has 0 fully saturated rings. The molecule has 0 spiro atoms. The molecule has 0 bridgehead atoms. The monoisotopic (exact) mass is 421 g/mol. The van der Waals surface area contributed by atoms with Crippen LogP contribution in [0.5, 0.6) is 5.75 Å². The molecule has 1 aromatic heterocycles. The average molecular weight is 421 g/mol. The molecule has 150 valence electrons. The van der Waals surface area contributed by atoms with Crippen LogP contribution in [0, 0.1) is 12.7 Å². The molecule has 0 aliphatic carbocycles. The number of para-hydroxylation sites is 2. The number of nitrogens with zero attached hydrogens (tertiary/aromatic N) is 1. The van der Waals surface area contributed by atoms with E-state index in [1.807, 2.05) is 18.2 Å². The highest BCUT2D eigenvalue weighted by Crippen LogP contribution is 2.36. The van der Waals surface area contributed by atoms with Crippen LogP contribution in [0.25, 0.3) is 22.6 Å². The van der Waals surface area contributed by atoms with Gasteiger partial charge >= 0.3 is 0 Å². The third-order valence-electron chi connectivity index (χ3n) is 4.42. The van der Waals surface area contributed by atoms with E-state index in [9.17, 15) is 14.3 Å². The van der Waals surface area contributed by atoms with Gasteiger partial charge in [-0.3, -0.25) is 10.1 Å². The zero-order chi connectivity index (χ0) is 21.3. The number of rotatable bonds is 3. The predicted octanol–water partition coefficient (Wildman–Crippen LogP) is 4.77. The van der Waals surface area contributed by atoms with Crippen molar-refractivity contribution in [1.29, 1.82) is 0 Å². The van der Waals surface area contributed by atoms with Gasteiger partial charge in [0.2, 0.25) is 5.89 Å². The maximum Gasteiger partial charge on any atom is 0.257 e. The number of aromatic hydroxyl groups is 1. The van der Waals surface area contributed by atoms with E-state index in [-0.39, 0.29) is 22.3 Å². The van der Waals surface area contributed by atoms with Crippen LogP contribution in [0.2, 0.25) is 0 Å². The van der Waals surface area contributed by atoms with Crippen LogP contribution in [-0.2, 0) is 0 Å². The lowest BCUT2D eigenvalue weighted by atomic mass is 10.1. The number of nitrogens with one attached hydrogen (secondary N) is 2. The minimum Gasteiger partial charge on any atom is -0.507 e. The van der Waals surface area contributed by atoms with Crippen LogP contribution < -0.4 is 10.6 Å². The van der Waals surface area contributed by atoms with Crippen LogP contribution in [0.3, 0.4) is 0 Å². The Kier molecular flexibility index (Phi) is 5.16. The molecule has 6 nitrogen and oxygen atoms in total. The van der Waals surface area contributed by atoms with Gasteiger partial charge in [0.1, 0.15) is 17.1 Å². The van der Waals surface area contributed by atoms with Crippen LogP contribution in [0.15, 0.2) is 65.1 Å². The van der Waals surface area contributed by atoms with E-state index in [1.54, 1.807) is 25.1 Å². The molecule has 4 rings (SSSR count). The summed E-state index contributed by atoms with van der Waals surface area (Å²) in [6.07, 6.45) is 0. The molecule has 1 heterocycles. The Morgan fingerprint density at radius 1 is 1.13 bits per heavy atom. The normalized spacial score (nSPS) is 10.7. The minimum atomic E-state index is -0.470. The fraction of sp³-hybridized carbons (Fsp3) is 0.0455. The summed E-state index contributed by atoms with van der Waals surface area (Å²) in [6, 6.07) is 15.7. The fourth-order valence-corrected chi connectivity index (χ4v) is 3.15. The Hall–Kier alpha value is -3.78. The number of carbonyl (C=O) groups is 1. The Morgan fingerprint density at radius 3 is 2.60 bits per heavy atom. The van der Waals surface area contributed by atoms with Gasteiger partial charge in [0.25, 0.3) is 5.91 Å². The summed E-state index contributed by atoms with van der Waals surface area (Å²) in [4.78, 5) is 16.7. The molecule has 0 aliphatic rings. The number of halogens is 1. The summed E-state index contributed by atoms with van der Waals surface area (Å²) in [5.74, 6) is -0.601. The molecule has 0 aliphatic heterocycles. The van der Waals surface area contributed by atoms with E-state index in [1.165, 1.54) is 24.3 Å². The third-order valence-corrected chi connectivity index (χ3v) is 4.62. The summed E-state index contributed by atoms with van der Waals surface area (Å²) in [5.41, 5.74) is 3.04. The number of oxazole rings is 1. The summed E-state index contributed by atoms with van der Waals surface area (Å²) >= 11 is 5.21. The van der Waals surface area contributed by atoms with E-state index in [0.717, 1.165) is 0 Å². The van der Waals surface area contributed by atoms with E-state index in [4.69, 9.17) is 16.6 Å². The summed E-state index contributed by atoms with van der Waals surface area (Å²) in [6.45, 7) is 1.73. The number of benzene rings is 3. The Morgan fingerprint density at radius 2 is 1.87 bits per heavy atom. The van der Waals surface area contributed by atoms with Crippen LogP contribution >= 0.6 is 12.2 Å². The molecule has 4 aromatic rings. The molecular weight excluding hydrogens is 405 g/mol. The molecule has 0 saturated carbocycles. The average Bonchev–Trinajstić information content (AvgIpc) is 3.15. The fourth-order valence-electron chi connectivity index (χ4n) is 2.94. The van der Waals surface area contributed by atoms with Gasteiger partial charge in [0, 0.05) is 11.3 Å². The number of aryl methyl sites for hydroxylation is 1. The molecule has 1 amide bonds. The van der Waals surface area contributed by atoms with Crippen molar-refractivity contribution < 1.29 is 18.7 Å². The standard InChI is InChI=1S/C22H16FN3O3S/c1-12-10-15(24-22(30)26-20(28)13-6-8-14(23)9-7-13)11-16(19(12)27)21-25-17-4-2-3-5-18(17)29-21/h2-11,27H,1H3,(H2,24,26,28,30). The number of phenols is 1. The topological polar surface area (TPSA) is 87.4 Å². The van der Waals surface area contributed by atoms with Crippen molar-refractivity contribution in [2.45, 2.75) is 6.92 Å². The SMILES string of the molecule is Cc1cc(NC(=S)NC(=O)c2ccc(F)cc2)cc(-c2nc3ccccc3o2)c1O. The largest absolute Gasteiger partial charge is 0.507 e. The van der Waals surface area contributed by atoms with Crippen molar-refractivity contribution in [2.75, 3.05) is 5.32 Å². The first-order valence-electron chi connectivity index (χ1n) is 8.98. The molecule has 3 N–H and O–H groups in total. The number of amides is 1. The van der Waals surface area contributed by atoms with E-state index in [0.29, 0.717) is 27.9 Å². The highest BCUT2D eigenvalue weighted by atomic mass is 32.1. The van der Waals surface area contributed by atoms with Gasteiger partial charge in [-0.25, -0.2) is 9.37 Å². The smallest absolute Gasteiger partial charge is 0.257 e. The molecule has 3 aromatic carbocycles. The maximum absolute atomic E-state index is 13.0. The number of thiocarbonyl (C=S) groups is 1. The van der Waals surface area contributed by atoms with Gasteiger partial charge in [-0.2, -0.15) is 0 Å². The zero-order valence-electron chi connectivity index (χ0n) is 15.8. The van der Waals surface area contributed by atoms with Gasteiger partial charge in [-0.1, -0.05) is 12.1 Å². The highest BCUT2D eigenvalue weighted by molar-refractivity contribution is 7.80. The molecule has 0 saturated heterocycles. The number of hydrogen-bond acceptors (Lipinski definition) is 5. The quantitative estimate of drug-likeness (QED) is 0.326. The molecular formula is C22H16FN3O3S. The molecule has 8 heteroatoms. The molecule has 30 heavy (non-hydrogen) atoms. The van der Waals surface area contributed by atoms with E-state index < -0.39 is 11.7 Å². The second-order valence-electron chi connectivity index (χ2n) is 6.59. The lowest BCUT2D eigenvalue weighted by molar-refractivity contribution is 0.0977. The first-order chi connectivity index (χ1) is 14.4. The molecule has 0 atom stereocenters. The Labute approximate surface area is 176 Å². The van der Waals surface area contributed by atoms with Gasteiger partial charge in [0.05, 0.1) is 5.56 Å². The summed E-state index contributed by atoms with van der Waals surface area (Å²) in [5, 5.41) is 16.0.